The van der Waals surface area contributed by atoms with Crippen LogP contribution < -0.4 is 26.2 Å². The smallest absolute Gasteiger partial charge is 0.408 e. The molecule has 1 atom stereocenters. The van der Waals surface area contributed by atoms with Crippen LogP contribution in [0, 0.1) is 11.6 Å². The zero-order chi connectivity index (χ0) is 29.3. The Morgan fingerprint density at radius 2 is 1.82 bits per heavy atom. The first-order valence-electron chi connectivity index (χ1n) is 13.4. The molecule has 0 bridgehead atoms. The molecule has 0 radical (unpaired) electrons. The van der Waals surface area contributed by atoms with E-state index in [0.29, 0.717) is 26.1 Å². The van der Waals surface area contributed by atoms with Crippen LogP contribution in [0.25, 0.3) is 0 Å². The van der Waals surface area contributed by atoms with Gasteiger partial charge in [-0.15, -0.1) is 0 Å². The van der Waals surface area contributed by atoms with Crippen LogP contribution in [0.3, 0.4) is 0 Å². The zero-order valence-electron chi connectivity index (χ0n) is 23.4. The van der Waals surface area contributed by atoms with E-state index in [9.17, 15) is 18.8 Å². The molecule has 3 rings (SSSR count). The monoisotopic (exact) mass is 560 g/mol. The topological polar surface area (TPSA) is 125 Å². The number of nitrogens with one attached hydrogen (secondary N) is 4. The number of carbonyl (C=O) groups is 3. The van der Waals surface area contributed by atoms with Gasteiger partial charge in [0.1, 0.15) is 23.8 Å². The van der Waals surface area contributed by atoms with Gasteiger partial charge in [0.2, 0.25) is 5.91 Å². The van der Waals surface area contributed by atoms with Crippen LogP contribution in [0.1, 0.15) is 56.5 Å². The van der Waals surface area contributed by atoms with E-state index in [4.69, 9.17) is 4.74 Å². The van der Waals surface area contributed by atoms with Crippen LogP contribution in [0.5, 0.6) is 0 Å². The summed E-state index contributed by atoms with van der Waals surface area (Å²) >= 11 is 0. The van der Waals surface area contributed by atoms with Crippen LogP contribution in [0.15, 0.2) is 30.3 Å². The number of pyridine rings is 1. The first kappa shape index (κ1) is 30.6. The fourth-order valence-corrected chi connectivity index (χ4v) is 4.14. The number of alkyl carbamates (subject to hydrolysis) is 1. The van der Waals surface area contributed by atoms with E-state index in [1.54, 1.807) is 39.8 Å². The second-order valence-corrected chi connectivity index (χ2v) is 10.7. The predicted molar refractivity (Wildman–Crippen MR) is 148 cm³/mol. The Bertz CT molecular complexity index is 1200. The third-order valence-electron chi connectivity index (χ3n) is 5.97. The maximum atomic E-state index is 15.0. The summed E-state index contributed by atoms with van der Waals surface area (Å²) in [5, 5.41) is 10.8. The number of hydrogen-bond acceptors (Lipinski definition) is 7. The highest BCUT2D eigenvalue weighted by Crippen LogP contribution is 2.26. The van der Waals surface area contributed by atoms with Crippen molar-refractivity contribution >= 4 is 29.5 Å². The number of ether oxygens (including phenoxy) is 1. The Kier molecular flexibility index (Phi) is 10.6. The summed E-state index contributed by atoms with van der Waals surface area (Å²) in [5.41, 5.74) is 0.0997. The van der Waals surface area contributed by atoms with E-state index >= 15 is 4.39 Å². The lowest BCUT2D eigenvalue weighted by Crippen LogP contribution is -2.46. The van der Waals surface area contributed by atoms with Crippen molar-refractivity contribution in [3.05, 3.63) is 53.1 Å². The quantitative estimate of drug-likeness (QED) is 0.332. The summed E-state index contributed by atoms with van der Waals surface area (Å²) in [6.07, 6.45) is 1.62. The number of hydrogen-bond donors (Lipinski definition) is 4. The number of anilines is 2. The fraction of sp³-hybridized carbons (Fsp3) is 0.500. The summed E-state index contributed by atoms with van der Waals surface area (Å²) < 4.78 is 33.7. The molecule has 1 aromatic carbocycles. The van der Waals surface area contributed by atoms with Gasteiger partial charge in [0.15, 0.2) is 11.6 Å². The van der Waals surface area contributed by atoms with Crippen molar-refractivity contribution in [3.63, 3.8) is 0 Å². The van der Waals surface area contributed by atoms with Gasteiger partial charge in [0.05, 0.1) is 5.56 Å². The molecule has 40 heavy (non-hydrogen) atoms. The summed E-state index contributed by atoms with van der Waals surface area (Å²) in [6, 6.07) is 6.90. The first-order chi connectivity index (χ1) is 18.9. The lowest BCUT2D eigenvalue weighted by molar-refractivity contribution is -0.120. The molecule has 0 aliphatic carbocycles. The van der Waals surface area contributed by atoms with Crippen molar-refractivity contribution in [3.8, 4) is 0 Å². The van der Waals surface area contributed by atoms with Gasteiger partial charge in [0.25, 0.3) is 5.91 Å². The van der Waals surface area contributed by atoms with E-state index in [1.807, 2.05) is 4.90 Å². The van der Waals surface area contributed by atoms with Gasteiger partial charge in [-0.1, -0.05) is 12.1 Å². The average molecular weight is 561 g/mol. The first-order valence-corrected chi connectivity index (χ1v) is 13.4. The van der Waals surface area contributed by atoms with E-state index in [-0.39, 0.29) is 36.1 Å². The molecule has 1 aromatic heterocycles. The predicted octanol–water partition coefficient (Wildman–Crippen LogP) is 3.37. The summed E-state index contributed by atoms with van der Waals surface area (Å²) in [5.74, 6) is -1.57. The van der Waals surface area contributed by atoms with Crippen LogP contribution in [-0.2, 0) is 16.0 Å². The molecule has 1 aliphatic heterocycles. The molecule has 0 unspecified atom stereocenters. The normalized spacial score (nSPS) is 13.9. The minimum Gasteiger partial charge on any atom is -0.444 e. The van der Waals surface area contributed by atoms with E-state index in [0.717, 1.165) is 24.5 Å². The number of rotatable bonds is 11. The minimum absolute atomic E-state index is 0.0183. The average Bonchev–Trinajstić information content (AvgIpc) is 3.40. The lowest BCUT2D eigenvalue weighted by atomic mass is 10.1. The molecule has 12 heteroatoms. The van der Waals surface area contributed by atoms with Gasteiger partial charge >= 0.3 is 6.09 Å². The molecular weight excluding hydrogens is 522 g/mol. The molecule has 1 aliphatic rings. The highest BCUT2D eigenvalue weighted by Gasteiger charge is 2.23. The van der Waals surface area contributed by atoms with Crippen LogP contribution in [-0.4, -0.2) is 67.3 Å². The van der Waals surface area contributed by atoms with Crippen LogP contribution in [0.4, 0.5) is 25.2 Å². The molecule has 1 saturated heterocycles. The van der Waals surface area contributed by atoms with Gasteiger partial charge in [0, 0.05) is 32.2 Å². The summed E-state index contributed by atoms with van der Waals surface area (Å²) in [6.45, 7) is 8.28. The third-order valence-corrected chi connectivity index (χ3v) is 5.97. The van der Waals surface area contributed by atoms with Crippen LogP contribution in [0.2, 0.25) is 0 Å². The number of aromatic nitrogens is 1. The summed E-state index contributed by atoms with van der Waals surface area (Å²) in [7, 11) is 0. The Labute approximate surface area is 233 Å². The van der Waals surface area contributed by atoms with Gasteiger partial charge < -0.3 is 30.9 Å². The summed E-state index contributed by atoms with van der Waals surface area (Å²) in [4.78, 5) is 43.2. The van der Waals surface area contributed by atoms with Gasteiger partial charge in [-0.2, -0.15) is 0 Å². The molecule has 10 nitrogen and oxygen atoms in total. The highest BCUT2D eigenvalue weighted by atomic mass is 19.1. The number of amides is 3. The zero-order valence-corrected chi connectivity index (χ0v) is 23.4. The lowest BCUT2D eigenvalue weighted by Gasteiger charge is -2.21. The second-order valence-electron chi connectivity index (χ2n) is 10.7. The number of nitrogens with zero attached hydrogens (tertiary/aromatic N) is 2. The molecule has 0 spiro atoms. The highest BCUT2D eigenvalue weighted by molar-refractivity contribution is 5.99. The van der Waals surface area contributed by atoms with E-state index in [1.165, 1.54) is 12.1 Å². The number of halogens is 2. The SMILES string of the molecule is C[C@H](CNC(=O)c1cc(F)c(N2CCCC2)nc1NCCc1cccc(F)c1)NC(=O)CNC(=O)OC(C)(C)C. The van der Waals surface area contributed by atoms with Crippen LogP contribution >= 0.6 is 0 Å². The molecular formula is C28H38F2N6O4. The Morgan fingerprint density at radius 1 is 1.10 bits per heavy atom. The van der Waals surface area contributed by atoms with Crippen molar-refractivity contribution in [2.75, 3.05) is 42.9 Å². The maximum absolute atomic E-state index is 15.0. The van der Waals surface area contributed by atoms with Crippen molar-refractivity contribution < 1.29 is 27.9 Å². The molecule has 1 fully saturated rings. The maximum Gasteiger partial charge on any atom is 0.408 e. The Morgan fingerprint density at radius 3 is 2.50 bits per heavy atom. The van der Waals surface area contributed by atoms with E-state index in [2.05, 4.69) is 26.3 Å². The van der Waals surface area contributed by atoms with Crippen molar-refractivity contribution in [1.29, 1.82) is 0 Å². The van der Waals surface area contributed by atoms with Gasteiger partial charge in [-0.3, -0.25) is 9.59 Å². The molecule has 0 saturated carbocycles. The number of carbonyl (C=O) groups excluding carboxylic acids is 3. The minimum atomic E-state index is -0.715. The standard InChI is InChI=1S/C28H38F2N6O4/c1-18(34-23(37)17-33-27(39)40-28(2,3)4)16-32-26(38)21-15-22(30)25(36-12-5-6-13-36)35-24(21)31-11-10-19-8-7-9-20(29)14-19/h7-9,14-15,18H,5-6,10-13,16-17H2,1-4H3,(H,31,35)(H,32,38)(H,33,39)(H,34,37)/t18-/m1/s1. The van der Waals surface area contributed by atoms with E-state index < -0.39 is 35.4 Å². The van der Waals surface area contributed by atoms with Crippen molar-refractivity contribution in [2.45, 2.75) is 58.6 Å². The molecule has 2 heterocycles. The van der Waals surface area contributed by atoms with Crippen molar-refractivity contribution in [2.24, 2.45) is 0 Å². The molecule has 3 amide bonds. The fourth-order valence-electron chi connectivity index (χ4n) is 4.14. The van der Waals surface area contributed by atoms with Gasteiger partial charge in [-0.25, -0.2) is 18.6 Å². The largest absolute Gasteiger partial charge is 0.444 e. The molecule has 2 aromatic rings. The second kappa shape index (κ2) is 13.9. The van der Waals surface area contributed by atoms with Crippen molar-refractivity contribution in [1.82, 2.24) is 20.9 Å². The Hall–Kier alpha value is -3.96. The molecule has 4 N–H and O–H groups in total. The Balaban J connectivity index is 1.61. The van der Waals surface area contributed by atoms with Gasteiger partial charge in [-0.05, 0) is 70.7 Å². The number of benzene rings is 1. The molecule has 218 valence electrons. The third kappa shape index (κ3) is 9.65.